The van der Waals surface area contributed by atoms with Crippen LogP contribution in [0.1, 0.15) is 12.7 Å². The van der Waals surface area contributed by atoms with Crippen molar-refractivity contribution in [3.05, 3.63) is 30.2 Å². The molecule has 0 aromatic carbocycles. The fourth-order valence-electron chi connectivity index (χ4n) is 1.43. The molecule has 1 atom stereocenters. The van der Waals surface area contributed by atoms with Gasteiger partial charge in [0.1, 0.15) is 0 Å². The first-order chi connectivity index (χ1) is 8.22. The normalized spacial score (nSPS) is 12.6. The molecule has 1 N–H and O–H groups in total. The highest BCUT2D eigenvalue weighted by Crippen LogP contribution is 2.06. The van der Waals surface area contributed by atoms with Crippen molar-refractivity contribution in [2.24, 2.45) is 0 Å². The molecule has 0 unspecified atom stereocenters. The molecule has 0 fully saturated rings. The summed E-state index contributed by atoms with van der Waals surface area (Å²) in [4.78, 5) is 11.6. The minimum atomic E-state index is -0.0471. The highest BCUT2D eigenvalue weighted by molar-refractivity contribution is 7.99. The van der Waals surface area contributed by atoms with Crippen molar-refractivity contribution in [2.75, 3.05) is 6.26 Å². The highest BCUT2D eigenvalue weighted by atomic mass is 32.2. The second-order valence-electron chi connectivity index (χ2n) is 3.64. The number of carbonyl (C=O) groups excluding carboxylic acids is 1. The van der Waals surface area contributed by atoms with E-state index in [1.165, 1.54) is 11.8 Å². The van der Waals surface area contributed by atoms with E-state index in [0.29, 0.717) is 6.54 Å². The number of fused-ring (bicyclic) bond motifs is 1. The molecule has 6 heteroatoms. The van der Waals surface area contributed by atoms with Gasteiger partial charge >= 0.3 is 0 Å². The third-order valence-electron chi connectivity index (χ3n) is 2.53. The Balaban J connectivity index is 2.07. The Morgan fingerprint density at radius 3 is 3.12 bits per heavy atom. The summed E-state index contributed by atoms with van der Waals surface area (Å²) in [5, 5.41) is 10.9. The molecule has 5 nitrogen and oxygen atoms in total. The third kappa shape index (κ3) is 2.58. The Bertz CT molecular complexity index is 525. The van der Waals surface area contributed by atoms with Crippen molar-refractivity contribution in [1.29, 1.82) is 0 Å². The molecule has 0 spiro atoms. The second-order valence-corrected chi connectivity index (χ2v) is 4.82. The monoisotopic (exact) mass is 250 g/mol. The lowest BCUT2D eigenvalue weighted by Gasteiger charge is -2.08. The summed E-state index contributed by atoms with van der Waals surface area (Å²) in [5.74, 6) is 0.757. The van der Waals surface area contributed by atoms with Crippen molar-refractivity contribution in [2.45, 2.75) is 18.7 Å². The van der Waals surface area contributed by atoms with Gasteiger partial charge < -0.3 is 5.32 Å². The Hall–Kier alpha value is -1.56. The molecule has 0 aliphatic rings. The fraction of sp³-hybridized carbons (Fsp3) is 0.364. The SMILES string of the molecule is CS[C@H](C)C(=O)NCc1nnc2ccccn12. The van der Waals surface area contributed by atoms with Crippen LogP contribution in [0.25, 0.3) is 5.65 Å². The van der Waals surface area contributed by atoms with Crippen molar-refractivity contribution in [3.63, 3.8) is 0 Å². The van der Waals surface area contributed by atoms with Gasteiger partial charge in [-0.3, -0.25) is 9.20 Å². The van der Waals surface area contributed by atoms with E-state index in [-0.39, 0.29) is 11.2 Å². The molecule has 17 heavy (non-hydrogen) atoms. The zero-order chi connectivity index (χ0) is 12.3. The molecule has 0 bridgehead atoms. The third-order valence-corrected chi connectivity index (χ3v) is 3.45. The number of pyridine rings is 1. The van der Waals surface area contributed by atoms with Gasteiger partial charge in [-0.05, 0) is 25.3 Å². The van der Waals surface area contributed by atoms with E-state index in [1.807, 2.05) is 42.0 Å². The molecule has 2 aromatic heterocycles. The summed E-state index contributed by atoms with van der Waals surface area (Å²) in [7, 11) is 0. The molecular formula is C11H14N4OS. The van der Waals surface area contributed by atoms with Gasteiger partial charge in [0.15, 0.2) is 11.5 Å². The van der Waals surface area contributed by atoms with E-state index < -0.39 is 0 Å². The maximum absolute atomic E-state index is 11.6. The number of hydrogen-bond acceptors (Lipinski definition) is 4. The maximum Gasteiger partial charge on any atom is 0.233 e. The Morgan fingerprint density at radius 2 is 2.35 bits per heavy atom. The topological polar surface area (TPSA) is 59.3 Å². The minimum Gasteiger partial charge on any atom is -0.348 e. The first-order valence-corrected chi connectivity index (χ1v) is 6.60. The number of nitrogens with zero attached hydrogens (tertiary/aromatic N) is 3. The summed E-state index contributed by atoms with van der Waals surface area (Å²) >= 11 is 1.52. The van der Waals surface area contributed by atoms with Crippen LogP contribution in [0.5, 0.6) is 0 Å². The van der Waals surface area contributed by atoms with Crippen LogP contribution in [0, 0.1) is 0 Å². The Morgan fingerprint density at radius 1 is 1.53 bits per heavy atom. The number of thioether (sulfide) groups is 1. The lowest BCUT2D eigenvalue weighted by Crippen LogP contribution is -2.30. The molecule has 2 rings (SSSR count). The summed E-state index contributed by atoms with van der Waals surface area (Å²) in [6.45, 7) is 2.27. The lowest BCUT2D eigenvalue weighted by molar-refractivity contribution is -0.120. The molecule has 0 aliphatic carbocycles. The molecule has 2 heterocycles. The van der Waals surface area contributed by atoms with Crippen LogP contribution in [0.3, 0.4) is 0 Å². The number of aromatic nitrogens is 3. The van der Waals surface area contributed by atoms with Gasteiger partial charge in [-0.1, -0.05) is 6.07 Å². The molecular weight excluding hydrogens is 236 g/mol. The minimum absolute atomic E-state index is 0.0187. The highest BCUT2D eigenvalue weighted by Gasteiger charge is 2.12. The Labute approximate surface area is 104 Å². The average Bonchev–Trinajstić information content (AvgIpc) is 2.78. The van der Waals surface area contributed by atoms with Crippen LogP contribution >= 0.6 is 11.8 Å². The van der Waals surface area contributed by atoms with Crippen LogP contribution in [0.15, 0.2) is 24.4 Å². The number of amides is 1. The number of hydrogen-bond donors (Lipinski definition) is 1. The maximum atomic E-state index is 11.6. The van der Waals surface area contributed by atoms with Crippen molar-refractivity contribution in [1.82, 2.24) is 19.9 Å². The zero-order valence-electron chi connectivity index (χ0n) is 9.75. The van der Waals surface area contributed by atoms with Gasteiger partial charge in [-0.15, -0.1) is 10.2 Å². The van der Waals surface area contributed by atoms with Crippen LogP contribution in [-0.4, -0.2) is 32.0 Å². The largest absolute Gasteiger partial charge is 0.348 e. The second kappa shape index (κ2) is 5.18. The molecule has 90 valence electrons. The van der Waals surface area contributed by atoms with E-state index in [4.69, 9.17) is 0 Å². The van der Waals surface area contributed by atoms with E-state index >= 15 is 0 Å². The van der Waals surface area contributed by atoms with Crippen molar-refractivity contribution >= 4 is 23.3 Å². The first-order valence-electron chi connectivity index (χ1n) is 5.31. The predicted octanol–water partition coefficient (Wildman–Crippen LogP) is 1.10. The Kier molecular flexibility index (Phi) is 3.63. The number of rotatable bonds is 4. The van der Waals surface area contributed by atoms with Gasteiger partial charge in [0, 0.05) is 6.20 Å². The van der Waals surface area contributed by atoms with Crippen molar-refractivity contribution < 1.29 is 4.79 Å². The number of nitrogens with one attached hydrogen (secondary N) is 1. The molecule has 0 saturated heterocycles. The zero-order valence-corrected chi connectivity index (χ0v) is 10.6. The van der Waals surface area contributed by atoms with Crippen LogP contribution < -0.4 is 5.32 Å². The summed E-state index contributed by atoms with van der Waals surface area (Å²) < 4.78 is 1.87. The fourth-order valence-corrected chi connectivity index (χ4v) is 1.73. The summed E-state index contributed by atoms with van der Waals surface area (Å²) in [6.07, 6.45) is 3.80. The van der Waals surface area contributed by atoms with Gasteiger partial charge in [-0.25, -0.2) is 0 Å². The van der Waals surface area contributed by atoms with Gasteiger partial charge in [-0.2, -0.15) is 11.8 Å². The van der Waals surface area contributed by atoms with E-state index in [1.54, 1.807) is 0 Å². The average molecular weight is 250 g/mol. The van der Waals surface area contributed by atoms with Crippen molar-refractivity contribution in [3.8, 4) is 0 Å². The van der Waals surface area contributed by atoms with Crippen LogP contribution in [0.2, 0.25) is 0 Å². The number of carbonyl (C=O) groups is 1. The molecule has 0 radical (unpaired) electrons. The lowest BCUT2D eigenvalue weighted by atomic mass is 10.4. The quantitative estimate of drug-likeness (QED) is 0.882. The van der Waals surface area contributed by atoms with Gasteiger partial charge in [0.2, 0.25) is 5.91 Å². The molecule has 0 saturated carbocycles. The molecule has 1 amide bonds. The summed E-state index contributed by atoms with van der Waals surface area (Å²) in [6, 6.07) is 5.69. The smallest absolute Gasteiger partial charge is 0.233 e. The standard InChI is InChI=1S/C11H14N4OS/c1-8(17-2)11(16)12-7-10-14-13-9-5-3-4-6-15(9)10/h3-6,8H,7H2,1-2H3,(H,12,16)/t8-/m1/s1. The van der Waals surface area contributed by atoms with E-state index in [0.717, 1.165) is 11.5 Å². The van der Waals surface area contributed by atoms with Gasteiger partial charge in [0.05, 0.1) is 11.8 Å². The van der Waals surface area contributed by atoms with Crippen LogP contribution in [-0.2, 0) is 11.3 Å². The predicted molar refractivity (Wildman–Crippen MR) is 67.8 cm³/mol. The summed E-state index contributed by atoms with van der Waals surface area (Å²) in [5.41, 5.74) is 0.787. The van der Waals surface area contributed by atoms with E-state index in [9.17, 15) is 4.79 Å². The first kappa shape index (κ1) is 11.9. The molecule has 0 aliphatic heterocycles. The van der Waals surface area contributed by atoms with E-state index in [2.05, 4.69) is 15.5 Å². The van der Waals surface area contributed by atoms with Crippen LogP contribution in [0.4, 0.5) is 0 Å². The van der Waals surface area contributed by atoms with Gasteiger partial charge in [0.25, 0.3) is 0 Å². The molecule has 2 aromatic rings.